The van der Waals surface area contributed by atoms with Gasteiger partial charge in [0.1, 0.15) is 0 Å². The Labute approximate surface area is 138 Å². The Bertz CT molecular complexity index is 537. The highest BCUT2D eigenvalue weighted by Crippen LogP contribution is 2.29. The van der Waals surface area contributed by atoms with Gasteiger partial charge in [0.15, 0.2) is 0 Å². The highest BCUT2D eigenvalue weighted by atomic mass is 35.5. The van der Waals surface area contributed by atoms with Crippen molar-refractivity contribution in [1.82, 2.24) is 21.5 Å². The van der Waals surface area contributed by atoms with Gasteiger partial charge in [-0.15, -0.1) is 11.8 Å². The Balaban J connectivity index is 1.74. The molecular weight excluding hydrogens is 324 g/mol. The van der Waals surface area contributed by atoms with Crippen LogP contribution in [-0.4, -0.2) is 42.7 Å². The van der Waals surface area contributed by atoms with Gasteiger partial charge in [0, 0.05) is 18.0 Å². The zero-order valence-corrected chi connectivity index (χ0v) is 13.8. The summed E-state index contributed by atoms with van der Waals surface area (Å²) in [7, 11) is 0. The summed E-state index contributed by atoms with van der Waals surface area (Å²) in [6.07, 6.45) is 0. The molecule has 1 aliphatic rings. The van der Waals surface area contributed by atoms with Crippen LogP contribution in [0.4, 0.5) is 0 Å². The molecule has 1 aliphatic heterocycles. The van der Waals surface area contributed by atoms with Crippen LogP contribution in [0.2, 0.25) is 5.02 Å². The fourth-order valence-electron chi connectivity index (χ4n) is 1.94. The second-order valence-electron chi connectivity index (χ2n) is 4.93. The van der Waals surface area contributed by atoms with Crippen molar-refractivity contribution in [2.75, 3.05) is 19.6 Å². The van der Waals surface area contributed by atoms with Crippen molar-refractivity contribution in [2.24, 2.45) is 0 Å². The van der Waals surface area contributed by atoms with E-state index in [0.29, 0.717) is 18.1 Å². The van der Waals surface area contributed by atoms with Gasteiger partial charge in [-0.05, 0) is 19.1 Å². The number of carbonyl (C=O) groups excluding carboxylic acids is 2. The second kappa shape index (κ2) is 8.38. The molecule has 8 heteroatoms. The van der Waals surface area contributed by atoms with Gasteiger partial charge < -0.3 is 10.6 Å². The summed E-state index contributed by atoms with van der Waals surface area (Å²) in [5.41, 5.74) is 5.85. The predicted octanol–water partition coefficient (Wildman–Crippen LogP) is 0.529. The molecule has 1 atom stereocenters. The fraction of sp³-hybridized carbons (Fsp3) is 0.429. The summed E-state index contributed by atoms with van der Waals surface area (Å²) in [6, 6.07) is 7.42. The molecule has 22 heavy (non-hydrogen) atoms. The quantitative estimate of drug-likeness (QED) is 0.567. The Hall–Kier alpha value is -1.28. The molecule has 1 saturated heterocycles. The summed E-state index contributed by atoms with van der Waals surface area (Å²) >= 11 is 7.43. The minimum Gasteiger partial charge on any atom is -0.349 e. The normalized spacial score (nSPS) is 16.3. The first-order valence-electron chi connectivity index (χ1n) is 7.00. The van der Waals surface area contributed by atoms with Gasteiger partial charge >= 0.3 is 0 Å². The zero-order chi connectivity index (χ0) is 15.9. The highest BCUT2D eigenvalue weighted by molar-refractivity contribution is 8.00. The molecule has 0 radical (unpaired) electrons. The maximum Gasteiger partial charge on any atom is 0.239 e. The third-order valence-corrected chi connectivity index (χ3v) is 4.74. The molecule has 1 fully saturated rings. The first-order valence-corrected chi connectivity index (χ1v) is 8.26. The number of benzene rings is 1. The molecule has 0 saturated carbocycles. The van der Waals surface area contributed by atoms with E-state index < -0.39 is 0 Å². The van der Waals surface area contributed by atoms with Crippen LogP contribution in [0.5, 0.6) is 0 Å². The Morgan fingerprint density at radius 2 is 2.05 bits per heavy atom. The summed E-state index contributed by atoms with van der Waals surface area (Å²) < 4.78 is 0. The smallest absolute Gasteiger partial charge is 0.239 e. The molecule has 0 aliphatic carbocycles. The Morgan fingerprint density at radius 1 is 1.36 bits per heavy atom. The van der Waals surface area contributed by atoms with Crippen LogP contribution in [0, 0.1) is 0 Å². The van der Waals surface area contributed by atoms with Crippen LogP contribution in [0.25, 0.3) is 0 Å². The third-order valence-electron chi connectivity index (χ3n) is 3.12. The molecule has 1 aromatic rings. The average Bonchev–Trinajstić information content (AvgIpc) is 3.00. The van der Waals surface area contributed by atoms with E-state index in [1.807, 2.05) is 18.2 Å². The first kappa shape index (κ1) is 17.1. The van der Waals surface area contributed by atoms with Crippen molar-refractivity contribution in [2.45, 2.75) is 23.1 Å². The van der Waals surface area contributed by atoms with E-state index in [-0.39, 0.29) is 29.7 Å². The van der Waals surface area contributed by atoms with E-state index in [1.165, 1.54) is 11.8 Å². The molecule has 2 amide bonds. The van der Waals surface area contributed by atoms with E-state index >= 15 is 0 Å². The number of thioether (sulfide) groups is 1. The van der Waals surface area contributed by atoms with Crippen molar-refractivity contribution in [3.05, 3.63) is 29.3 Å². The van der Waals surface area contributed by atoms with Crippen molar-refractivity contribution in [3.63, 3.8) is 0 Å². The van der Waals surface area contributed by atoms with Gasteiger partial charge in [0.05, 0.1) is 22.9 Å². The Morgan fingerprint density at radius 3 is 2.73 bits per heavy atom. The van der Waals surface area contributed by atoms with Crippen LogP contribution in [0.1, 0.15) is 6.92 Å². The fourth-order valence-corrected chi connectivity index (χ4v) is 3.12. The summed E-state index contributed by atoms with van der Waals surface area (Å²) in [5, 5.41) is 5.75. The third kappa shape index (κ3) is 5.17. The number of nitrogens with one attached hydrogen (secondary N) is 4. The molecule has 1 heterocycles. The number of halogens is 1. The topological polar surface area (TPSA) is 82.3 Å². The number of hydrazine groups is 1. The van der Waals surface area contributed by atoms with Gasteiger partial charge in [-0.1, -0.05) is 23.7 Å². The van der Waals surface area contributed by atoms with E-state index in [0.717, 1.165) is 4.90 Å². The molecule has 0 aromatic heterocycles. The van der Waals surface area contributed by atoms with Crippen molar-refractivity contribution in [1.29, 1.82) is 0 Å². The lowest BCUT2D eigenvalue weighted by molar-refractivity contribution is -0.125. The molecule has 0 spiro atoms. The molecule has 120 valence electrons. The van der Waals surface area contributed by atoms with E-state index in [9.17, 15) is 9.59 Å². The number of hydrogen-bond donors (Lipinski definition) is 4. The number of rotatable bonds is 6. The molecule has 6 nitrogen and oxygen atoms in total. The maximum atomic E-state index is 12.0. The van der Waals surface area contributed by atoms with E-state index in [4.69, 9.17) is 11.6 Å². The summed E-state index contributed by atoms with van der Waals surface area (Å²) in [4.78, 5) is 24.6. The minimum atomic E-state index is -0.331. The maximum absolute atomic E-state index is 12.0. The number of amides is 2. The average molecular weight is 343 g/mol. The van der Waals surface area contributed by atoms with Crippen LogP contribution < -0.4 is 21.5 Å². The zero-order valence-electron chi connectivity index (χ0n) is 12.2. The minimum absolute atomic E-state index is 0.0250. The lowest BCUT2D eigenvalue weighted by Crippen LogP contribution is -2.45. The van der Waals surface area contributed by atoms with E-state index in [2.05, 4.69) is 21.5 Å². The van der Waals surface area contributed by atoms with Crippen LogP contribution in [0.15, 0.2) is 29.2 Å². The van der Waals surface area contributed by atoms with Crippen molar-refractivity contribution < 1.29 is 9.59 Å². The summed E-state index contributed by atoms with van der Waals surface area (Å²) in [5.74, 6) is -0.387. The summed E-state index contributed by atoms with van der Waals surface area (Å²) in [6.45, 7) is 3.12. The number of hydrogen-bond acceptors (Lipinski definition) is 5. The monoisotopic (exact) mass is 342 g/mol. The van der Waals surface area contributed by atoms with Crippen LogP contribution >= 0.6 is 23.4 Å². The standard InChI is InChI=1S/C14H19ClN4O2S/c1-9(22-12-5-3-2-4-11(12)15)14(21)16-8-13(20)19-10-6-17-18-7-10/h2-5,9-10,17-18H,6-8H2,1H3,(H,16,21)(H,19,20). The second-order valence-corrected chi connectivity index (χ2v) is 6.72. The first-order chi connectivity index (χ1) is 10.6. The molecule has 1 aromatic carbocycles. The molecule has 0 bridgehead atoms. The SMILES string of the molecule is CC(Sc1ccccc1Cl)C(=O)NCC(=O)NC1CNNC1. The van der Waals surface area contributed by atoms with Crippen molar-refractivity contribution in [3.8, 4) is 0 Å². The predicted molar refractivity (Wildman–Crippen MR) is 87.7 cm³/mol. The Kier molecular flexibility index (Phi) is 6.50. The van der Waals surface area contributed by atoms with Gasteiger partial charge in [-0.2, -0.15) is 0 Å². The lowest BCUT2D eigenvalue weighted by atomic mass is 10.3. The van der Waals surface area contributed by atoms with Crippen LogP contribution in [-0.2, 0) is 9.59 Å². The number of carbonyl (C=O) groups is 2. The largest absolute Gasteiger partial charge is 0.349 e. The molecular formula is C14H19ClN4O2S. The van der Waals surface area contributed by atoms with Crippen molar-refractivity contribution >= 4 is 35.2 Å². The van der Waals surface area contributed by atoms with Gasteiger partial charge in [-0.25, -0.2) is 0 Å². The van der Waals surface area contributed by atoms with E-state index in [1.54, 1.807) is 13.0 Å². The van der Waals surface area contributed by atoms with Gasteiger partial charge in [-0.3, -0.25) is 20.4 Å². The lowest BCUT2D eigenvalue weighted by Gasteiger charge is -2.14. The van der Waals surface area contributed by atoms with Gasteiger partial charge in [0.25, 0.3) is 0 Å². The molecule has 1 unspecified atom stereocenters. The molecule has 4 N–H and O–H groups in total. The van der Waals surface area contributed by atoms with Gasteiger partial charge in [0.2, 0.25) is 11.8 Å². The van der Waals surface area contributed by atoms with Crippen LogP contribution in [0.3, 0.4) is 0 Å². The molecule has 2 rings (SSSR count). The highest BCUT2D eigenvalue weighted by Gasteiger charge is 2.19.